The van der Waals surface area contributed by atoms with Crippen LogP contribution in [0.1, 0.15) is 44.7 Å². The molecule has 2 unspecified atom stereocenters. The van der Waals surface area contributed by atoms with Crippen molar-refractivity contribution in [1.29, 1.82) is 0 Å². The molecule has 1 heterocycles. The van der Waals surface area contributed by atoms with Crippen molar-refractivity contribution in [2.75, 3.05) is 26.7 Å². The van der Waals surface area contributed by atoms with E-state index < -0.39 is 0 Å². The lowest BCUT2D eigenvalue weighted by atomic mass is 9.97. The van der Waals surface area contributed by atoms with E-state index >= 15 is 0 Å². The molecule has 20 heavy (non-hydrogen) atoms. The Bertz CT molecular complexity index is 388. The number of piperidine rings is 1. The van der Waals surface area contributed by atoms with Gasteiger partial charge in [0.2, 0.25) is 0 Å². The van der Waals surface area contributed by atoms with Gasteiger partial charge in [-0.2, -0.15) is 0 Å². The molecule has 0 saturated carbocycles. The molecule has 0 amide bonds. The molecule has 1 aromatic carbocycles. The van der Waals surface area contributed by atoms with E-state index in [0.29, 0.717) is 12.1 Å². The largest absolute Gasteiger partial charge is 0.494 e. The van der Waals surface area contributed by atoms with Crippen LogP contribution in [0.3, 0.4) is 0 Å². The van der Waals surface area contributed by atoms with Crippen LogP contribution in [-0.4, -0.2) is 37.7 Å². The van der Waals surface area contributed by atoms with Crippen molar-refractivity contribution in [2.45, 2.75) is 45.2 Å². The highest BCUT2D eigenvalue weighted by Crippen LogP contribution is 2.29. The Balaban J connectivity index is 2.05. The first-order chi connectivity index (χ1) is 9.76. The summed E-state index contributed by atoms with van der Waals surface area (Å²) in [6.45, 7) is 7.36. The van der Waals surface area contributed by atoms with Crippen LogP contribution in [0, 0.1) is 0 Å². The maximum Gasteiger partial charge on any atom is 0.119 e. The Labute approximate surface area is 123 Å². The summed E-state index contributed by atoms with van der Waals surface area (Å²) in [5.74, 6) is 0.967. The van der Waals surface area contributed by atoms with Gasteiger partial charge in [-0.3, -0.25) is 4.90 Å². The second-order valence-corrected chi connectivity index (χ2v) is 5.62. The molecule has 3 heteroatoms. The summed E-state index contributed by atoms with van der Waals surface area (Å²) in [5, 5.41) is 3.34. The number of rotatable bonds is 6. The third-order valence-corrected chi connectivity index (χ3v) is 4.28. The van der Waals surface area contributed by atoms with E-state index in [1.54, 1.807) is 0 Å². The third-order valence-electron chi connectivity index (χ3n) is 4.28. The van der Waals surface area contributed by atoms with Crippen LogP contribution < -0.4 is 10.1 Å². The minimum absolute atomic E-state index is 0.476. The van der Waals surface area contributed by atoms with E-state index in [4.69, 9.17) is 4.74 Å². The second-order valence-electron chi connectivity index (χ2n) is 5.62. The molecule has 0 spiro atoms. The Morgan fingerprint density at radius 2 is 2.05 bits per heavy atom. The number of likely N-dealkylation sites (tertiary alicyclic amines) is 1. The van der Waals surface area contributed by atoms with Crippen molar-refractivity contribution in [3.63, 3.8) is 0 Å². The van der Waals surface area contributed by atoms with Gasteiger partial charge in [0.05, 0.1) is 6.61 Å². The average molecular weight is 276 g/mol. The van der Waals surface area contributed by atoms with Gasteiger partial charge in [-0.15, -0.1) is 0 Å². The van der Waals surface area contributed by atoms with Gasteiger partial charge in [0.25, 0.3) is 0 Å². The standard InChI is InChI=1S/C17H28N2O/c1-4-20-17-10-8-15(9-11-17)14(2)19-12-6-5-7-16(19)13-18-3/h8-11,14,16,18H,4-7,12-13H2,1-3H3. The highest BCUT2D eigenvalue weighted by molar-refractivity contribution is 5.29. The van der Waals surface area contributed by atoms with E-state index in [0.717, 1.165) is 18.9 Å². The molecular weight excluding hydrogens is 248 g/mol. The molecule has 1 aliphatic rings. The minimum Gasteiger partial charge on any atom is -0.494 e. The lowest BCUT2D eigenvalue weighted by Gasteiger charge is -2.40. The lowest BCUT2D eigenvalue weighted by molar-refractivity contribution is 0.103. The molecule has 1 aromatic rings. The zero-order valence-corrected chi connectivity index (χ0v) is 13.1. The van der Waals surface area contributed by atoms with Gasteiger partial charge >= 0.3 is 0 Å². The average Bonchev–Trinajstić information content (AvgIpc) is 2.49. The summed E-state index contributed by atoms with van der Waals surface area (Å²) in [6, 6.07) is 9.74. The number of nitrogens with one attached hydrogen (secondary N) is 1. The van der Waals surface area contributed by atoms with Crippen LogP contribution in [0.25, 0.3) is 0 Å². The van der Waals surface area contributed by atoms with Crippen LogP contribution in [0.2, 0.25) is 0 Å². The molecule has 1 N–H and O–H groups in total. The van der Waals surface area contributed by atoms with Crippen LogP contribution in [0.4, 0.5) is 0 Å². The SMILES string of the molecule is CCOc1ccc(C(C)N2CCCCC2CNC)cc1. The first-order valence-corrected chi connectivity index (χ1v) is 7.89. The first-order valence-electron chi connectivity index (χ1n) is 7.89. The molecule has 0 bridgehead atoms. The summed E-state index contributed by atoms with van der Waals surface area (Å²) in [5.41, 5.74) is 1.39. The quantitative estimate of drug-likeness (QED) is 0.863. The van der Waals surface area contributed by atoms with Gasteiger partial charge in [-0.05, 0) is 58.0 Å². The number of hydrogen-bond acceptors (Lipinski definition) is 3. The van der Waals surface area contributed by atoms with Gasteiger partial charge in [-0.1, -0.05) is 18.6 Å². The number of likely N-dealkylation sites (N-methyl/N-ethyl adjacent to an activating group) is 1. The summed E-state index contributed by atoms with van der Waals surface area (Å²) in [4.78, 5) is 2.65. The molecule has 112 valence electrons. The fourth-order valence-electron chi connectivity index (χ4n) is 3.19. The molecular formula is C17H28N2O. The maximum absolute atomic E-state index is 5.52. The molecule has 0 aliphatic carbocycles. The first kappa shape index (κ1) is 15.3. The van der Waals surface area contributed by atoms with Crippen molar-refractivity contribution in [1.82, 2.24) is 10.2 Å². The number of benzene rings is 1. The van der Waals surface area contributed by atoms with Crippen molar-refractivity contribution in [2.24, 2.45) is 0 Å². The molecule has 1 saturated heterocycles. The molecule has 2 atom stereocenters. The normalized spacial score (nSPS) is 21.6. The Kier molecular flexibility index (Phi) is 5.86. The zero-order valence-electron chi connectivity index (χ0n) is 13.1. The summed E-state index contributed by atoms with van der Waals surface area (Å²) < 4.78 is 5.52. The van der Waals surface area contributed by atoms with Gasteiger partial charge in [0.1, 0.15) is 5.75 Å². The van der Waals surface area contributed by atoms with Gasteiger partial charge < -0.3 is 10.1 Å². The molecule has 0 aromatic heterocycles. The van der Waals surface area contributed by atoms with Crippen molar-refractivity contribution >= 4 is 0 Å². The topological polar surface area (TPSA) is 24.5 Å². The van der Waals surface area contributed by atoms with Crippen LogP contribution >= 0.6 is 0 Å². The van der Waals surface area contributed by atoms with E-state index in [1.165, 1.54) is 31.4 Å². The Morgan fingerprint density at radius 1 is 1.30 bits per heavy atom. The highest BCUT2D eigenvalue weighted by atomic mass is 16.5. The highest BCUT2D eigenvalue weighted by Gasteiger charge is 2.26. The van der Waals surface area contributed by atoms with Crippen molar-refractivity contribution in [3.05, 3.63) is 29.8 Å². The summed E-state index contributed by atoms with van der Waals surface area (Å²) in [6.07, 6.45) is 3.99. The Hall–Kier alpha value is -1.06. The predicted octanol–water partition coefficient (Wildman–Crippen LogP) is 3.22. The van der Waals surface area contributed by atoms with Crippen LogP contribution in [0.15, 0.2) is 24.3 Å². The minimum atomic E-state index is 0.476. The summed E-state index contributed by atoms with van der Waals surface area (Å²) >= 11 is 0. The van der Waals surface area contributed by atoms with Gasteiger partial charge in [0, 0.05) is 18.6 Å². The van der Waals surface area contributed by atoms with E-state index in [2.05, 4.69) is 41.4 Å². The number of hydrogen-bond donors (Lipinski definition) is 1. The molecule has 1 aliphatic heterocycles. The number of nitrogens with zero attached hydrogens (tertiary/aromatic N) is 1. The fourth-order valence-corrected chi connectivity index (χ4v) is 3.19. The van der Waals surface area contributed by atoms with Crippen LogP contribution in [0.5, 0.6) is 5.75 Å². The van der Waals surface area contributed by atoms with E-state index in [1.807, 2.05) is 14.0 Å². The van der Waals surface area contributed by atoms with Crippen LogP contribution in [-0.2, 0) is 0 Å². The molecule has 1 fully saturated rings. The predicted molar refractivity (Wildman–Crippen MR) is 84.3 cm³/mol. The van der Waals surface area contributed by atoms with E-state index in [9.17, 15) is 0 Å². The fraction of sp³-hybridized carbons (Fsp3) is 0.647. The van der Waals surface area contributed by atoms with Crippen molar-refractivity contribution in [3.8, 4) is 5.75 Å². The smallest absolute Gasteiger partial charge is 0.119 e. The van der Waals surface area contributed by atoms with Gasteiger partial charge in [-0.25, -0.2) is 0 Å². The Morgan fingerprint density at radius 3 is 2.70 bits per heavy atom. The number of ether oxygens (including phenoxy) is 1. The maximum atomic E-state index is 5.52. The third kappa shape index (κ3) is 3.74. The second kappa shape index (κ2) is 7.65. The van der Waals surface area contributed by atoms with Crippen molar-refractivity contribution < 1.29 is 4.74 Å². The molecule has 3 nitrogen and oxygen atoms in total. The lowest BCUT2D eigenvalue weighted by Crippen LogP contribution is -2.45. The van der Waals surface area contributed by atoms with Gasteiger partial charge in [0.15, 0.2) is 0 Å². The molecule has 2 rings (SSSR count). The molecule has 0 radical (unpaired) electrons. The monoisotopic (exact) mass is 276 g/mol. The summed E-state index contributed by atoms with van der Waals surface area (Å²) in [7, 11) is 2.05. The zero-order chi connectivity index (χ0) is 14.4. The van der Waals surface area contributed by atoms with E-state index in [-0.39, 0.29) is 0 Å².